The fraction of sp³-hybridized carbons (Fsp3) is 0.0968. The van der Waals surface area contributed by atoms with Crippen molar-refractivity contribution < 1.29 is 14.3 Å². The monoisotopic (exact) mass is 552 g/mol. The zero-order chi connectivity index (χ0) is 28.1. The zero-order valence-corrected chi connectivity index (χ0v) is 22.6. The fourth-order valence-corrected chi connectivity index (χ4v) is 4.37. The topological polar surface area (TPSA) is 94.8 Å². The Balaban J connectivity index is 1.52. The number of methoxy groups -OCH3 is 1. The zero-order valence-electron chi connectivity index (χ0n) is 21.8. The van der Waals surface area contributed by atoms with Crippen molar-refractivity contribution in [3.63, 3.8) is 0 Å². The number of carbonyl (C=O) groups is 1. The Kier molecular flexibility index (Phi) is 7.89. The first-order chi connectivity index (χ1) is 19.4. The average Bonchev–Trinajstić information content (AvgIpc) is 2.97. The first kappa shape index (κ1) is 26.6. The van der Waals surface area contributed by atoms with Crippen LogP contribution in [0.3, 0.4) is 0 Å². The molecule has 40 heavy (non-hydrogen) atoms. The minimum atomic E-state index is -0.351. The average molecular weight is 553 g/mol. The van der Waals surface area contributed by atoms with Gasteiger partial charge in [0.1, 0.15) is 0 Å². The van der Waals surface area contributed by atoms with Crippen LogP contribution in [-0.2, 0) is 4.79 Å². The van der Waals surface area contributed by atoms with Crippen LogP contribution < -0.4 is 20.3 Å². The number of aromatic nitrogens is 2. The molecule has 0 fully saturated rings. The molecule has 5 aromatic rings. The molecule has 0 aliphatic heterocycles. The molecule has 9 heteroatoms. The number of carbonyl (C=O) groups excluding carboxylic acids is 1. The Labute approximate surface area is 235 Å². The number of anilines is 1. The molecule has 0 bridgehead atoms. The van der Waals surface area contributed by atoms with Crippen LogP contribution in [0.15, 0.2) is 101 Å². The number of ether oxygens (including phenoxy) is 2. The molecular formula is C31H25ClN4O4. The highest BCUT2D eigenvalue weighted by molar-refractivity contribution is 6.31. The second-order valence-electron chi connectivity index (χ2n) is 8.86. The number of para-hydroxylation sites is 2. The Morgan fingerprint density at radius 2 is 1.75 bits per heavy atom. The van der Waals surface area contributed by atoms with Gasteiger partial charge in [-0.05, 0) is 36.8 Å². The first-order valence-corrected chi connectivity index (χ1v) is 12.8. The number of rotatable bonds is 8. The second-order valence-corrected chi connectivity index (χ2v) is 9.29. The van der Waals surface area contributed by atoms with Gasteiger partial charge in [-0.2, -0.15) is 9.78 Å². The van der Waals surface area contributed by atoms with E-state index in [4.69, 9.17) is 26.1 Å². The van der Waals surface area contributed by atoms with Crippen LogP contribution in [0.1, 0.15) is 11.1 Å². The van der Waals surface area contributed by atoms with Crippen LogP contribution >= 0.6 is 11.6 Å². The van der Waals surface area contributed by atoms with Gasteiger partial charge in [-0.3, -0.25) is 9.59 Å². The van der Waals surface area contributed by atoms with Crippen LogP contribution in [0.2, 0.25) is 5.02 Å². The maximum Gasteiger partial charge on any atom is 0.282 e. The Bertz CT molecular complexity index is 1780. The molecule has 0 spiro atoms. The van der Waals surface area contributed by atoms with Gasteiger partial charge in [0.25, 0.3) is 11.5 Å². The second kappa shape index (κ2) is 11.8. The van der Waals surface area contributed by atoms with Crippen LogP contribution in [0.4, 0.5) is 5.69 Å². The van der Waals surface area contributed by atoms with Gasteiger partial charge in [-0.15, -0.1) is 0 Å². The minimum Gasteiger partial charge on any atom is -0.493 e. The van der Waals surface area contributed by atoms with Gasteiger partial charge in [0, 0.05) is 27.9 Å². The quantitative estimate of drug-likeness (QED) is 0.241. The summed E-state index contributed by atoms with van der Waals surface area (Å²) in [4.78, 5) is 30.9. The lowest BCUT2D eigenvalue weighted by Crippen LogP contribution is -2.21. The molecule has 1 aromatic heterocycles. The van der Waals surface area contributed by atoms with Crippen LogP contribution in [-0.4, -0.2) is 35.5 Å². The molecule has 1 N–H and O–H groups in total. The van der Waals surface area contributed by atoms with Gasteiger partial charge in [0.15, 0.2) is 23.9 Å². The van der Waals surface area contributed by atoms with E-state index in [-0.39, 0.29) is 23.8 Å². The number of hydrogen-bond donors (Lipinski definition) is 1. The van der Waals surface area contributed by atoms with Gasteiger partial charge in [-0.1, -0.05) is 72.3 Å². The molecule has 200 valence electrons. The predicted molar refractivity (Wildman–Crippen MR) is 158 cm³/mol. The lowest BCUT2D eigenvalue weighted by Gasteiger charge is -2.15. The number of nitrogens with one attached hydrogen (secondary N) is 1. The largest absolute Gasteiger partial charge is 0.493 e. The van der Waals surface area contributed by atoms with Crippen molar-refractivity contribution >= 4 is 40.3 Å². The highest BCUT2D eigenvalue weighted by Crippen LogP contribution is 2.34. The van der Waals surface area contributed by atoms with Gasteiger partial charge < -0.3 is 14.8 Å². The number of fused-ring (bicyclic) bond motifs is 1. The molecule has 0 radical (unpaired) electrons. The number of amides is 1. The lowest BCUT2D eigenvalue weighted by atomic mass is 10.2. The van der Waals surface area contributed by atoms with E-state index in [9.17, 15) is 9.59 Å². The summed E-state index contributed by atoms with van der Waals surface area (Å²) in [6.07, 6.45) is 1.44. The summed E-state index contributed by atoms with van der Waals surface area (Å²) >= 11 is 6.35. The van der Waals surface area contributed by atoms with Gasteiger partial charge in [-0.25, -0.2) is 4.98 Å². The van der Waals surface area contributed by atoms with E-state index in [1.165, 1.54) is 18.0 Å². The van der Waals surface area contributed by atoms with Crippen LogP contribution in [0, 0.1) is 6.92 Å². The van der Waals surface area contributed by atoms with Crippen molar-refractivity contribution in [2.75, 3.05) is 19.0 Å². The Morgan fingerprint density at radius 1 is 1.02 bits per heavy atom. The third kappa shape index (κ3) is 5.72. The first-order valence-electron chi connectivity index (χ1n) is 12.4. The summed E-state index contributed by atoms with van der Waals surface area (Å²) < 4.78 is 12.6. The highest BCUT2D eigenvalue weighted by Gasteiger charge is 2.16. The molecule has 1 heterocycles. The number of nitrogens with zero attached hydrogens (tertiary/aromatic N) is 3. The maximum atomic E-state index is 13.5. The van der Waals surface area contributed by atoms with Gasteiger partial charge in [0.2, 0.25) is 0 Å². The third-order valence-electron chi connectivity index (χ3n) is 6.13. The summed E-state index contributed by atoms with van der Waals surface area (Å²) in [6, 6.07) is 27.0. The van der Waals surface area contributed by atoms with E-state index in [0.29, 0.717) is 38.8 Å². The van der Waals surface area contributed by atoms with E-state index < -0.39 is 0 Å². The molecule has 0 aliphatic carbocycles. The van der Waals surface area contributed by atoms with E-state index in [1.807, 2.05) is 67.6 Å². The summed E-state index contributed by atoms with van der Waals surface area (Å²) in [7, 11) is 1.47. The fourth-order valence-electron chi connectivity index (χ4n) is 4.15. The number of hydrogen-bond acceptors (Lipinski definition) is 6. The minimum absolute atomic E-state index is 0.249. The van der Waals surface area contributed by atoms with Crippen LogP contribution in [0.5, 0.6) is 11.5 Å². The van der Waals surface area contributed by atoms with Gasteiger partial charge in [0.05, 0.1) is 24.2 Å². The smallest absolute Gasteiger partial charge is 0.282 e. The van der Waals surface area contributed by atoms with Crippen molar-refractivity contribution in [2.45, 2.75) is 6.92 Å². The lowest BCUT2D eigenvalue weighted by molar-refractivity contribution is -0.118. The molecule has 4 aromatic carbocycles. The predicted octanol–water partition coefficient (Wildman–Crippen LogP) is 5.93. The van der Waals surface area contributed by atoms with Crippen LogP contribution in [0.25, 0.3) is 22.3 Å². The molecule has 0 saturated carbocycles. The molecular weight excluding hydrogens is 528 g/mol. The van der Waals surface area contributed by atoms with Gasteiger partial charge >= 0.3 is 0 Å². The van der Waals surface area contributed by atoms with E-state index in [0.717, 1.165) is 11.1 Å². The molecule has 0 saturated heterocycles. The third-order valence-corrected chi connectivity index (χ3v) is 6.35. The molecule has 1 amide bonds. The maximum absolute atomic E-state index is 13.5. The molecule has 5 rings (SSSR count). The van der Waals surface area contributed by atoms with Crippen molar-refractivity contribution in [1.29, 1.82) is 0 Å². The molecule has 0 atom stereocenters. The van der Waals surface area contributed by atoms with Crippen molar-refractivity contribution in [1.82, 2.24) is 9.66 Å². The number of halogens is 1. The van der Waals surface area contributed by atoms with E-state index in [1.54, 1.807) is 30.3 Å². The van der Waals surface area contributed by atoms with E-state index >= 15 is 0 Å². The van der Waals surface area contributed by atoms with Crippen molar-refractivity contribution in [3.8, 4) is 22.9 Å². The summed E-state index contributed by atoms with van der Waals surface area (Å²) in [5.74, 6) is 0.577. The normalized spacial score (nSPS) is 11.1. The summed E-state index contributed by atoms with van der Waals surface area (Å²) in [5.41, 5.74) is 2.97. The summed E-state index contributed by atoms with van der Waals surface area (Å²) in [5, 5.41) is 8.13. The highest BCUT2D eigenvalue weighted by atomic mass is 35.5. The van der Waals surface area contributed by atoms with Crippen molar-refractivity contribution in [2.24, 2.45) is 5.10 Å². The van der Waals surface area contributed by atoms with Crippen molar-refractivity contribution in [3.05, 3.63) is 117 Å². The molecule has 0 aliphatic rings. The van der Waals surface area contributed by atoms with E-state index in [2.05, 4.69) is 10.4 Å². The SMILES string of the molecule is COc1cc(Cl)cc(C=Nn2c(-c3ccccc3)nc3ccccc3c2=O)c1OCC(=O)Nc1ccccc1C. The Hall–Kier alpha value is -4.95. The molecule has 8 nitrogen and oxygen atoms in total. The number of aryl methyl sites for hydroxylation is 1. The number of benzene rings is 4. The summed E-state index contributed by atoms with van der Waals surface area (Å²) in [6.45, 7) is 1.61. The standard InChI is InChI=1S/C31H25ClN4O4/c1-20-10-6-8-14-25(20)34-28(37)19-40-29-22(16-23(32)17-27(29)39-2)18-33-36-30(21-11-4-3-5-12-21)35-26-15-9-7-13-24(26)31(36)38/h3-18H,19H2,1-2H3,(H,34,37). The molecule has 0 unspecified atom stereocenters. The Morgan fingerprint density at radius 3 is 2.52 bits per heavy atom.